The number of likely N-dealkylation sites (tertiary alicyclic amines) is 1. The Hall–Kier alpha value is -0.780. The third kappa shape index (κ3) is 3.22. The molecular weight excluding hydrogens is 257 g/mol. The van der Waals surface area contributed by atoms with E-state index >= 15 is 0 Å². The van der Waals surface area contributed by atoms with Crippen molar-refractivity contribution in [3.8, 4) is 0 Å². The van der Waals surface area contributed by atoms with Gasteiger partial charge in [0.05, 0.1) is 12.0 Å². The van der Waals surface area contributed by atoms with Crippen LogP contribution in [0.15, 0.2) is 0 Å². The average Bonchev–Trinajstić information content (AvgIpc) is 2.85. The molecule has 0 bridgehead atoms. The number of carbonyl (C=O) groups excluding carboxylic acids is 1. The SMILES string of the molecule is CCC1CCCN1C(=O)C1CCC(C(F)(F)F)CN1. The van der Waals surface area contributed by atoms with Crippen LogP contribution >= 0.6 is 0 Å². The van der Waals surface area contributed by atoms with Crippen molar-refractivity contribution in [3.63, 3.8) is 0 Å². The first-order valence-corrected chi connectivity index (χ1v) is 7.04. The third-order valence-corrected chi connectivity index (χ3v) is 4.31. The Morgan fingerprint density at radius 2 is 2.05 bits per heavy atom. The van der Waals surface area contributed by atoms with Gasteiger partial charge in [-0.3, -0.25) is 4.79 Å². The van der Waals surface area contributed by atoms with Gasteiger partial charge < -0.3 is 10.2 Å². The van der Waals surface area contributed by atoms with Crippen molar-refractivity contribution in [3.05, 3.63) is 0 Å². The summed E-state index contributed by atoms with van der Waals surface area (Å²) in [4.78, 5) is 14.2. The van der Waals surface area contributed by atoms with Crippen LogP contribution < -0.4 is 5.32 Å². The molecule has 19 heavy (non-hydrogen) atoms. The van der Waals surface area contributed by atoms with E-state index in [0.29, 0.717) is 0 Å². The highest BCUT2D eigenvalue weighted by Gasteiger charge is 2.43. The van der Waals surface area contributed by atoms with Crippen LogP contribution in [0, 0.1) is 5.92 Å². The van der Waals surface area contributed by atoms with Crippen LogP contribution in [0.1, 0.15) is 39.0 Å². The molecule has 0 aliphatic carbocycles. The van der Waals surface area contributed by atoms with E-state index in [1.165, 1.54) is 0 Å². The third-order valence-electron chi connectivity index (χ3n) is 4.31. The molecule has 3 nitrogen and oxygen atoms in total. The smallest absolute Gasteiger partial charge is 0.338 e. The molecular formula is C13H21F3N2O. The molecule has 1 amide bonds. The number of carbonyl (C=O) groups is 1. The van der Waals surface area contributed by atoms with E-state index in [1.807, 2.05) is 11.8 Å². The molecule has 2 aliphatic heterocycles. The van der Waals surface area contributed by atoms with Gasteiger partial charge in [-0.15, -0.1) is 0 Å². The lowest BCUT2D eigenvalue weighted by atomic mass is 9.93. The molecule has 2 rings (SSSR count). The Bertz CT molecular complexity index is 324. The van der Waals surface area contributed by atoms with Crippen LogP contribution in [0.25, 0.3) is 0 Å². The number of amides is 1. The van der Waals surface area contributed by atoms with Gasteiger partial charge >= 0.3 is 6.18 Å². The molecule has 0 saturated carbocycles. The first kappa shape index (κ1) is 14.6. The number of halogens is 3. The minimum Gasteiger partial charge on any atom is -0.338 e. The van der Waals surface area contributed by atoms with Crippen LogP contribution in [0.3, 0.4) is 0 Å². The lowest BCUT2D eigenvalue weighted by Crippen LogP contribution is -2.53. The highest BCUT2D eigenvalue weighted by Crippen LogP contribution is 2.32. The Morgan fingerprint density at radius 3 is 2.58 bits per heavy atom. The predicted octanol–water partition coefficient (Wildman–Crippen LogP) is 2.32. The van der Waals surface area contributed by atoms with Gasteiger partial charge in [-0.1, -0.05) is 6.92 Å². The maximum Gasteiger partial charge on any atom is 0.393 e. The summed E-state index contributed by atoms with van der Waals surface area (Å²) in [7, 11) is 0. The maximum atomic E-state index is 12.6. The molecule has 3 unspecified atom stereocenters. The second-order valence-corrected chi connectivity index (χ2v) is 5.51. The number of hydrogen-bond acceptors (Lipinski definition) is 2. The molecule has 0 aromatic carbocycles. The van der Waals surface area contributed by atoms with Crippen molar-refractivity contribution >= 4 is 5.91 Å². The van der Waals surface area contributed by atoms with E-state index in [4.69, 9.17) is 0 Å². The van der Waals surface area contributed by atoms with Gasteiger partial charge in [-0.2, -0.15) is 13.2 Å². The second kappa shape index (κ2) is 5.69. The summed E-state index contributed by atoms with van der Waals surface area (Å²) < 4.78 is 37.7. The zero-order chi connectivity index (χ0) is 14.0. The van der Waals surface area contributed by atoms with Crippen molar-refractivity contribution in [1.82, 2.24) is 10.2 Å². The summed E-state index contributed by atoms with van der Waals surface area (Å²) >= 11 is 0. The first-order chi connectivity index (χ1) is 8.93. The van der Waals surface area contributed by atoms with Gasteiger partial charge in [-0.25, -0.2) is 0 Å². The van der Waals surface area contributed by atoms with Crippen molar-refractivity contribution in [2.45, 2.75) is 57.3 Å². The number of rotatable bonds is 2. The van der Waals surface area contributed by atoms with E-state index in [1.54, 1.807) is 0 Å². The quantitative estimate of drug-likeness (QED) is 0.840. The maximum absolute atomic E-state index is 12.6. The largest absolute Gasteiger partial charge is 0.393 e. The molecule has 2 saturated heterocycles. The molecule has 2 aliphatic rings. The van der Waals surface area contributed by atoms with Crippen molar-refractivity contribution in [2.24, 2.45) is 5.92 Å². The van der Waals surface area contributed by atoms with E-state index in [-0.39, 0.29) is 31.3 Å². The fourth-order valence-corrected chi connectivity index (χ4v) is 3.10. The molecule has 110 valence electrons. The number of piperidine rings is 1. The lowest BCUT2D eigenvalue weighted by Gasteiger charge is -2.34. The van der Waals surface area contributed by atoms with Crippen molar-refractivity contribution in [1.29, 1.82) is 0 Å². The zero-order valence-electron chi connectivity index (χ0n) is 11.2. The summed E-state index contributed by atoms with van der Waals surface area (Å²) in [5, 5.41) is 2.79. The van der Waals surface area contributed by atoms with E-state index in [0.717, 1.165) is 25.8 Å². The molecule has 0 aromatic heterocycles. The Balaban J connectivity index is 1.89. The van der Waals surface area contributed by atoms with Crippen LogP contribution in [0.2, 0.25) is 0 Å². The Labute approximate surface area is 111 Å². The second-order valence-electron chi connectivity index (χ2n) is 5.51. The van der Waals surface area contributed by atoms with E-state index < -0.39 is 18.1 Å². The molecule has 2 heterocycles. The number of nitrogens with zero attached hydrogens (tertiary/aromatic N) is 1. The van der Waals surface area contributed by atoms with Gasteiger partial charge in [0, 0.05) is 19.1 Å². The van der Waals surface area contributed by atoms with Crippen LogP contribution in [0.4, 0.5) is 13.2 Å². The van der Waals surface area contributed by atoms with Crippen LogP contribution in [-0.4, -0.2) is 42.2 Å². The fraction of sp³-hybridized carbons (Fsp3) is 0.923. The van der Waals surface area contributed by atoms with Gasteiger partial charge in [0.1, 0.15) is 0 Å². The van der Waals surface area contributed by atoms with Gasteiger partial charge in [0.2, 0.25) is 5.91 Å². The van der Waals surface area contributed by atoms with E-state index in [2.05, 4.69) is 5.32 Å². The molecule has 0 radical (unpaired) electrons. The average molecular weight is 278 g/mol. The highest BCUT2D eigenvalue weighted by atomic mass is 19.4. The minimum absolute atomic E-state index is 0.00928. The van der Waals surface area contributed by atoms with Gasteiger partial charge in [0.15, 0.2) is 0 Å². The molecule has 0 aromatic rings. The summed E-state index contributed by atoms with van der Waals surface area (Å²) in [6.07, 6.45) is -0.875. The summed E-state index contributed by atoms with van der Waals surface area (Å²) in [5.74, 6) is -1.32. The van der Waals surface area contributed by atoms with E-state index in [9.17, 15) is 18.0 Å². The summed E-state index contributed by atoms with van der Waals surface area (Å²) in [6.45, 7) is 2.66. The molecule has 1 N–H and O–H groups in total. The lowest BCUT2D eigenvalue weighted by molar-refractivity contribution is -0.180. The van der Waals surface area contributed by atoms with Gasteiger partial charge in [0.25, 0.3) is 0 Å². The van der Waals surface area contributed by atoms with Crippen molar-refractivity contribution < 1.29 is 18.0 Å². The molecule has 2 fully saturated rings. The zero-order valence-corrected chi connectivity index (χ0v) is 11.2. The number of alkyl halides is 3. The van der Waals surface area contributed by atoms with Crippen molar-refractivity contribution in [2.75, 3.05) is 13.1 Å². The van der Waals surface area contributed by atoms with Crippen LogP contribution in [-0.2, 0) is 4.79 Å². The predicted molar refractivity (Wildman–Crippen MR) is 65.6 cm³/mol. The van der Waals surface area contributed by atoms with Crippen LogP contribution in [0.5, 0.6) is 0 Å². The summed E-state index contributed by atoms with van der Waals surface area (Å²) in [6, 6.07) is -0.152. The monoisotopic (exact) mass is 278 g/mol. The standard InChI is InChI=1S/C13H21F3N2O/c1-2-10-4-3-7-18(10)12(19)11-6-5-9(8-17-11)13(14,15)16/h9-11,17H,2-8H2,1H3. The van der Waals surface area contributed by atoms with Gasteiger partial charge in [-0.05, 0) is 32.1 Å². The Morgan fingerprint density at radius 1 is 1.32 bits per heavy atom. The topological polar surface area (TPSA) is 32.3 Å². The normalized spacial score (nSPS) is 32.6. The number of nitrogens with one attached hydrogen (secondary N) is 1. The molecule has 6 heteroatoms. The summed E-state index contributed by atoms with van der Waals surface area (Å²) in [5.41, 5.74) is 0. The first-order valence-electron chi connectivity index (χ1n) is 7.04. The molecule has 3 atom stereocenters. The minimum atomic E-state index is -4.15. The molecule has 0 spiro atoms. The highest BCUT2D eigenvalue weighted by molar-refractivity contribution is 5.82. The number of hydrogen-bond donors (Lipinski definition) is 1. The fourth-order valence-electron chi connectivity index (χ4n) is 3.10. The Kier molecular flexibility index (Phi) is 4.38.